The van der Waals surface area contributed by atoms with Crippen LogP contribution in [0.4, 0.5) is 5.82 Å². The van der Waals surface area contributed by atoms with E-state index in [1.165, 1.54) is 51.9 Å². The smallest absolute Gasteiger partial charge is 0.257 e. The van der Waals surface area contributed by atoms with Crippen LogP contribution in [0.3, 0.4) is 0 Å². The number of piperidine rings is 1. The van der Waals surface area contributed by atoms with Crippen LogP contribution in [-0.2, 0) is 0 Å². The van der Waals surface area contributed by atoms with Crippen molar-refractivity contribution in [1.29, 1.82) is 0 Å². The molecule has 26 heavy (non-hydrogen) atoms. The van der Waals surface area contributed by atoms with Gasteiger partial charge in [0.05, 0.1) is 0 Å². The van der Waals surface area contributed by atoms with Crippen LogP contribution in [0.15, 0.2) is 35.1 Å². The van der Waals surface area contributed by atoms with Crippen molar-refractivity contribution in [2.75, 3.05) is 57.3 Å². The first-order valence-electron chi connectivity index (χ1n) is 10.1. The Bertz CT molecular complexity index is 773. The average molecular weight is 354 g/mol. The van der Waals surface area contributed by atoms with Gasteiger partial charge in [-0.2, -0.15) is 0 Å². The van der Waals surface area contributed by atoms with Gasteiger partial charge in [-0.05, 0) is 63.0 Å². The number of piperazine rings is 1. The summed E-state index contributed by atoms with van der Waals surface area (Å²) in [4.78, 5) is 22.9. The fraction of sp³-hybridized carbons (Fsp3) is 0.571. The highest BCUT2D eigenvalue weighted by atomic mass is 16.1. The zero-order chi connectivity index (χ0) is 17.8. The van der Waals surface area contributed by atoms with Crippen molar-refractivity contribution in [1.82, 2.24) is 14.8 Å². The summed E-state index contributed by atoms with van der Waals surface area (Å²) in [7, 11) is 0. The Labute approximate surface area is 155 Å². The van der Waals surface area contributed by atoms with Crippen LogP contribution in [0, 0.1) is 0 Å². The third-order valence-electron chi connectivity index (χ3n) is 5.85. The molecule has 1 aromatic heterocycles. The highest BCUT2D eigenvalue weighted by Gasteiger charge is 2.18. The number of fused-ring (bicyclic) bond motifs is 1. The van der Waals surface area contributed by atoms with Crippen LogP contribution in [0.25, 0.3) is 10.8 Å². The van der Waals surface area contributed by atoms with Gasteiger partial charge in [-0.15, -0.1) is 0 Å². The summed E-state index contributed by atoms with van der Waals surface area (Å²) in [5, 5.41) is 1.79. The van der Waals surface area contributed by atoms with Crippen molar-refractivity contribution in [3.05, 3.63) is 40.7 Å². The maximum Gasteiger partial charge on any atom is 0.257 e. The molecule has 2 saturated heterocycles. The summed E-state index contributed by atoms with van der Waals surface area (Å²) < 4.78 is 0. The van der Waals surface area contributed by atoms with Gasteiger partial charge in [0.15, 0.2) is 0 Å². The quantitative estimate of drug-likeness (QED) is 0.896. The maximum absolute atomic E-state index is 12.3. The topological polar surface area (TPSA) is 42.6 Å². The first kappa shape index (κ1) is 17.6. The Hall–Kier alpha value is -1.85. The van der Waals surface area contributed by atoms with Crippen molar-refractivity contribution < 1.29 is 0 Å². The third-order valence-corrected chi connectivity index (χ3v) is 5.85. The highest BCUT2D eigenvalue weighted by molar-refractivity contribution is 5.83. The van der Waals surface area contributed by atoms with Crippen LogP contribution in [0.5, 0.6) is 0 Å². The molecule has 5 nitrogen and oxygen atoms in total. The number of nitrogens with zero attached hydrogens (tertiary/aromatic N) is 3. The second kappa shape index (κ2) is 8.23. The van der Waals surface area contributed by atoms with Crippen molar-refractivity contribution in [2.45, 2.75) is 25.7 Å². The maximum atomic E-state index is 12.3. The molecule has 140 valence electrons. The molecule has 0 spiro atoms. The van der Waals surface area contributed by atoms with Gasteiger partial charge in [-0.1, -0.05) is 24.6 Å². The van der Waals surface area contributed by atoms with Crippen molar-refractivity contribution in [3.8, 4) is 0 Å². The third kappa shape index (κ3) is 4.10. The van der Waals surface area contributed by atoms with E-state index in [1.807, 2.05) is 24.3 Å². The first-order valence-corrected chi connectivity index (χ1v) is 10.1. The molecule has 0 aliphatic carbocycles. The van der Waals surface area contributed by atoms with E-state index in [9.17, 15) is 4.79 Å². The van der Waals surface area contributed by atoms with Crippen LogP contribution >= 0.6 is 0 Å². The summed E-state index contributed by atoms with van der Waals surface area (Å²) in [6.45, 7) is 9.16. The van der Waals surface area contributed by atoms with Gasteiger partial charge in [0.25, 0.3) is 5.56 Å². The Kier molecular flexibility index (Phi) is 5.56. The van der Waals surface area contributed by atoms with Crippen LogP contribution in [-0.4, -0.2) is 67.1 Å². The molecule has 0 saturated carbocycles. The molecule has 0 atom stereocenters. The minimum atomic E-state index is 0.0158. The summed E-state index contributed by atoms with van der Waals surface area (Å²) in [6.07, 6.45) is 5.44. The number of likely N-dealkylation sites (tertiary alicyclic amines) is 1. The Morgan fingerprint density at radius 3 is 2.31 bits per heavy atom. The molecule has 5 heteroatoms. The predicted octanol–water partition coefficient (Wildman–Crippen LogP) is 2.53. The molecule has 1 aromatic carbocycles. The number of nitrogens with one attached hydrogen (secondary N) is 1. The Morgan fingerprint density at radius 1 is 0.846 bits per heavy atom. The highest BCUT2D eigenvalue weighted by Crippen LogP contribution is 2.18. The zero-order valence-electron chi connectivity index (χ0n) is 15.6. The second-order valence-electron chi connectivity index (χ2n) is 7.66. The fourth-order valence-electron chi connectivity index (χ4n) is 4.28. The standard InChI is InChI=1S/C21H30N4O/c26-21-19-8-3-2-7-18(19)17-20(22-21)25-15-13-24(14-16-25)12-6-11-23-9-4-1-5-10-23/h2-3,7-8,17H,1,4-6,9-16H2,(H,22,26). The zero-order valence-corrected chi connectivity index (χ0v) is 15.6. The summed E-state index contributed by atoms with van der Waals surface area (Å²) in [5.74, 6) is 0.960. The number of anilines is 1. The normalized spacial score (nSPS) is 19.9. The van der Waals surface area contributed by atoms with Gasteiger partial charge in [0.2, 0.25) is 0 Å². The molecule has 1 N–H and O–H groups in total. The number of rotatable bonds is 5. The van der Waals surface area contributed by atoms with Crippen LogP contribution < -0.4 is 10.5 Å². The molecule has 0 radical (unpaired) electrons. The fourth-order valence-corrected chi connectivity index (χ4v) is 4.28. The number of benzene rings is 1. The van der Waals surface area contributed by atoms with Crippen molar-refractivity contribution >= 4 is 16.6 Å². The number of hydrogen-bond acceptors (Lipinski definition) is 4. The van der Waals surface area contributed by atoms with Crippen LogP contribution in [0.2, 0.25) is 0 Å². The molecule has 0 bridgehead atoms. The minimum absolute atomic E-state index is 0.0158. The molecule has 2 fully saturated rings. The van der Waals surface area contributed by atoms with E-state index in [4.69, 9.17) is 0 Å². The molecular formula is C21H30N4O. The number of aromatic nitrogens is 1. The lowest BCUT2D eigenvalue weighted by Gasteiger charge is -2.36. The second-order valence-corrected chi connectivity index (χ2v) is 7.66. The largest absolute Gasteiger partial charge is 0.356 e. The molecular weight excluding hydrogens is 324 g/mol. The van der Waals surface area contributed by atoms with Gasteiger partial charge in [0, 0.05) is 31.6 Å². The molecule has 3 heterocycles. The van der Waals surface area contributed by atoms with Gasteiger partial charge < -0.3 is 14.8 Å². The Morgan fingerprint density at radius 2 is 1.54 bits per heavy atom. The minimum Gasteiger partial charge on any atom is -0.356 e. The Balaban J connectivity index is 1.29. The van der Waals surface area contributed by atoms with E-state index < -0.39 is 0 Å². The lowest BCUT2D eigenvalue weighted by atomic mass is 10.1. The first-order chi connectivity index (χ1) is 12.8. The summed E-state index contributed by atoms with van der Waals surface area (Å²) in [5.41, 5.74) is 0.0158. The lowest BCUT2D eigenvalue weighted by Crippen LogP contribution is -2.47. The average Bonchev–Trinajstić information content (AvgIpc) is 2.69. The number of hydrogen-bond donors (Lipinski definition) is 1. The summed E-state index contributed by atoms with van der Waals surface area (Å²) >= 11 is 0. The van der Waals surface area contributed by atoms with E-state index in [0.29, 0.717) is 0 Å². The predicted molar refractivity (Wildman–Crippen MR) is 108 cm³/mol. The van der Waals surface area contributed by atoms with Gasteiger partial charge in [-0.3, -0.25) is 9.69 Å². The number of H-pyrrole nitrogens is 1. The van der Waals surface area contributed by atoms with E-state index in [2.05, 4.69) is 25.8 Å². The van der Waals surface area contributed by atoms with Crippen LogP contribution in [0.1, 0.15) is 25.7 Å². The van der Waals surface area contributed by atoms with E-state index in [0.717, 1.165) is 42.8 Å². The van der Waals surface area contributed by atoms with Gasteiger partial charge in [0.1, 0.15) is 5.82 Å². The molecule has 2 aromatic rings. The van der Waals surface area contributed by atoms with Crippen molar-refractivity contribution in [2.24, 2.45) is 0 Å². The molecule has 0 unspecified atom stereocenters. The van der Waals surface area contributed by atoms with E-state index in [1.54, 1.807) is 0 Å². The molecule has 0 amide bonds. The van der Waals surface area contributed by atoms with E-state index >= 15 is 0 Å². The monoisotopic (exact) mass is 354 g/mol. The summed E-state index contributed by atoms with van der Waals surface area (Å²) in [6, 6.07) is 9.93. The SMILES string of the molecule is O=c1[nH]c(N2CCN(CCCN3CCCCC3)CC2)cc2ccccc12. The van der Waals surface area contributed by atoms with Crippen molar-refractivity contribution in [3.63, 3.8) is 0 Å². The van der Waals surface area contributed by atoms with Gasteiger partial charge >= 0.3 is 0 Å². The molecule has 4 rings (SSSR count). The molecule has 2 aliphatic rings. The molecule has 2 aliphatic heterocycles. The number of aromatic amines is 1. The lowest BCUT2D eigenvalue weighted by molar-refractivity contribution is 0.198. The number of pyridine rings is 1. The van der Waals surface area contributed by atoms with Gasteiger partial charge in [-0.25, -0.2) is 0 Å². The van der Waals surface area contributed by atoms with E-state index in [-0.39, 0.29) is 5.56 Å².